The van der Waals surface area contributed by atoms with Gasteiger partial charge in [0.25, 0.3) is 0 Å². The lowest BCUT2D eigenvalue weighted by atomic mass is 10.3. The number of rotatable bonds is 2. The smallest absolute Gasteiger partial charge is 0.375 e. The average Bonchev–Trinajstić information content (AvgIpc) is 2.32. The molecule has 0 aliphatic carbocycles. The van der Waals surface area contributed by atoms with Crippen LogP contribution in [0.4, 0.5) is 5.69 Å². The predicted molar refractivity (Wildman–Crippen MR) is 61.1 cm³/mol. The number of hydrogen-bond donors (Lipinski definition) is 2. The molecule has 1 heterocycles. The minimum atomic E-state index is -0.429. The van der Waals surface area contributed by atoms with Crippen LogP contribution in [-0.4, -0.2) is 24.5 Å². The van der Waals surface area contributed by atoms with Gasteiger partial charge in [0, 0.05) is 0 Å². The molecule has 1 aliphatic heterocycles. The van der Waals surface area contributed by atoms with Gasteiger partial charge in [-0.3, -0.25) is 15.8 Å². The standard InChI is InChI=1S/C11H13N3O2/c1-8-7-16-11(15)10(12-8)14-13-9-5-3-2-4-6-9/h2-6,8,13H,7H2,1H3,(H,12,14)/t8-/m1/s1. The first-order valence-electron chi connectivity index (χ1n) is 5.08. The number of ether oxygens (including phenoxy) is 1. The number of nitrogens with zero attached hydrogens (tertiary/aromatic N) is 1. The fourth-order valence-electron chi connectivity index (χ4n) is 1.31. The van der Waals surface area contributed by atoms with Crippen LogP contribution in [0.3, 0.4) is 0 Å². The van der Waals surface area contributed by atoms with Crippen LogP contribution >= 0.6 is 0 Å². The van der Waals surface area contributed by atoms with E-state index >= 15 is 0 Å². The molecule has 1 aromatic rings. The van der Waals surface area contributed by atoms with Gasteiger partial charge in [-0.15, -0.1) is 0 Å². The van der Waals surface area contributed by atoms with Gasteiger partial charge in [-0.05, 0) is 19.1 Å². The molecule has 5 heteroatoms. The molecule has 84 valence electrons. The summed E-state index contributed by atoms with van der Waals surface area (Å²) in [4.78, 5) is 15.5. The summed E-state index contributed by atoms with van der Waals surface area (Å²) in [5.74, 6) is -0.218. The third kappa shape index (κ3) is 2.50. The molecular formula is C11H13N3O2. The number of carbonyl (C=O) groups is 1. The van der Waals surface area contributed by atoms with Crippen molar-refractivity contribution >= 4 is 17.5 Å². The monoisotopic (exact) mass is 219 g/mol. The minimum absolute atomic E-state index is 0.00206. The van der Waals surface area contributed by atoms with Crippen LogP contribution in [0.25, 0.3) is 0 Å². The minimum Gasteiger partial charge on any atom is -0.458 e. The van der Waals surface area contributed by atoms with E-state index in [1.807, 2.05) is 37.3 Å². The number of hydrazine groups is 1. The normalized spacial score (nSPS) is 19.7. The van der Waals surface area contributed by atoms with Crippen molar-refractivity contribution in [2.45, 2.75) is 13.0 Å². The lowest BCUT2D eigenvalue weighted by molar-refractivity contribution is -0.137. The van der Waals surface area contributed by atoms with E-state index < -0.39 is 5.97 Å². The molecule has 0 bridgehead atoms. The summed E-state index contributed by atoms with van der Waals surface area (Å²) in [5.41, 5.74) is 6.48. The average molecular weight is 219 g/mol. The number of anilines is 1. The summed E-state index contributed by atoms with van der Waals surface area (Å²) in [6.45, 7) is 2.23. The van der Waals surface area contributed by atoms with Crippen LogP contribution < -0.4 is 10.9 Å². The number of nitrogens with one attached hydrogen (secondary N) is 2. The maximum atomic E-state index is 11.3. The van der Waals surface area contributed by atoms with Gasteiger partial charge in [-0.1, -0.05) is 18.2 Å². The highest BCUT2D eigenvalue weighted by atomic mass is 16.5. The Morgan fingerprint density at radius 2 is 2.06 bits per heavy atom. The molecule has 0 saturated carbocycles. The molecule has 0 fully saturated rings. The van der Waals surface area contributed by atoms with Gasteiger partial charge >= 0.3 is 5.97 Å². The second-order valence-corrected chi connectivity index (χ2v) is 3.54. The van der Waals surface area contributed by atoms with E-state index in [0.717, 1.165) is 5.69 Å². The molecule has 0 unspecified atom stereocenters. The Bertz CT molecular complexity index is 403. The number of para-hydroxylation sites is 1. The van der Waals surface area contributed by atoms with Crippen molar-refractivity contribution in [2.75, 3.05) is 12.0 Å². The molecule has 5 nitrogen and oxygen atoms in total. The van der Waals surface area contributed by atoms with Crippen LogP contribution in [0.5, 0.6) is 0 Å². The summed E-state index contributed by atoms with van der Waals surface area (Å²) in [6, 6.07) is 9.47. The molecule has 0 spiro atoms. The maximum absolute atomic E-state index is 11.3. The van der Waals surface area contributed by atoms with Crippen molar-refractivity contribution in [2.24, 2.45) is 4.99 Å². The Morgan fingerprint density at radius 1 is 1.31 bits per heavy atom. The lowest BCUT2D eigenvalue weighted by Gasteiger charge is -2.18. The second kappa shape index (κ2) is 4.65. The number of cyclic esters (lactones) is 1. The first kappa shape index (κ1) is 10.5. The predicted octanol–water partition coefficient (Wildman–Crippen LogP) is 0.947. The SMILES string of the molecule is C[C@@H]1COC(=O)C(NNc2ccccc2)=N1. The first-order valence-corrected chi connectivity index (χ1v) is 5.08. The molecule has 1 aliphatic rings. The topological polar surface area (TPSA) is 62.7 Å². The molecule has 2 rings (SSSR count). The summed E-state index contributed by atoms with van der Waals surface area (Å²) < 4.78 is 4.92. The van der Waals surface area contributed by atoms with E-state index in [-0.39, 0.29) is 11.9 Å². The summed E-state index contributed by atoms with van der Waals surface area (Å²) in [7, 11) is 0. The fraction of sp³-hybridized carbons (Fsp3) is 0.273. The van der Waals surface area contributed by atoms with Crippen LogP contribution in [0.2, 0.25) is 0 Å². The Kier molecular flexibility index (Phi) is 3.05. The Balaban J connectivity index is 1.97. The zero-order valence-corrected chi connectivity index (χ0v) is 8.93. The van der Waals surface area contributed by atoms with Crippen molar-refractivity contribution < 1.29 is 9.53 Å². The third-order valence-corrected chi connectivity index (χ3v) is 2.10. The van der Waals surface area contributed by atoms with E-state index in [0.29, 0.717) is 6.61 Å². The summed E-state index contributed by atoms with van der Waals surface area (Å²) >= 11 is 0. The molecule has 2 N–H and O–H groups in total. The number of amidine groups is 1. The molecule has 0 aromatic heterocycles. The lowest BCUT2D eigenvalue weighted by Crippen LogP contribution is -2.41. The molecule has 1 aromatic carbocycles. The van der Waals surface area contributed by atoms with E-state index in [9.17, 15) is 4.79 Å². The van der Waals surface area contributed by atoms with Gasteiger partial charge in [0.2, 0.25) is 5.84 Å². The number of hydrogen-bond acceptors (Lipinski definition) is 5. The van der Waals surface area contributed by atoms with E-state index in [1.54, 1.807) is 0 Å². The van der Waals surface area contributed by atoms with E-state index in [2.05, 4.69) is 15.8 Å². The largest absolute Gasteiger partial charge is 0.458 e. The zero-order valence-electron chi connectivity index (χ0n) is 8.93. The van der Waals surface area contributed by atoms with Gasteiger partial charge in [-0.2, -0.15) is 0 Å². The zero-order chi connectivity index (χ0) is 11.4. The first-order chi connectivity index (χ1) is 7.75. The number of carbonyl (C=O) groups excluding carboxylic acids is 1. The highest BCUT2D eigenvalue weighted by Gasteiger charge is 2.20. The van der Waals surface area contributed by atoms with Crippen LogP contribution in [-0.2, 0) is 9.53 Å². The highest BCUT2D eigenvalue weighted by molar-refractivity contribution is 6.35. The summed E-state index contributed by atoms with van der Waals surface area (Å²) in [6.07, 6.45) is 0. The van der Waals surface area contributed by atoms with Crippen LogP contribution in [0.1, 0.15) is 6.92 Å². The Hall–Kier alpha value is -2.04. The molecule has 0 amide bonds. The van der Waals surface area contributed by atoms with Gasteiger partial charge < -0.3 is 4.74 Å². The highest BCUT2D eigenvalue weighted by Crippen LogP contribution is 2.04. The molecular weight excluding hydrogens is 206 g/mol. The number of benzene rings is 1. The maximum Gasteiger partial charge on any atom is 0.375 e. The van der Waals surface area contributed by atoms with Gasteiger partial charge in [-0.25, -0.2) is 4.79 Å². The van der Waals surface area contributed by atoms with Crippen molar-refractivity contribution in [3.8, 4) is 0 Å². The second-order valence-electron chi connectivity index (χ2n) is 3.54. The van der Waals surface area contributed by atoms with E-state index in [1.165, 1.54) is 0 Å². The number of aliphatic imine (C=N–C) groups is 1. The van der Waals surface area contributed by atoms with Crippen molar-refractivity contribution in [1.29, 1.82) is 0 Å². The van der Waals surface area contributed by atoms with Crippen LogP contribution in [0.15, 0.2) is 35.3 Å². The van der Waals surface area contributed by atoms with Gasteiger partial charge in [0.15, 0.2) is 0 Å². The third-order valence-electron chi connectivity index (χ3n) is 2.10. The van der Waals surface area contributed by atoms with Crippen molar-refractivity contribution in [3.63, 3.8) is 0 Å². The van der Waals surface area contributed by atoms with Crippen molar-refractivity contribution in [3.05, 3.63) is 30.3 Å². The van der Waals surface area contributed by atoms with E-state index in [4.69, 9.17) is 4.74 Å². The Morgan fingerprint density at radius 3 is 2.81 bits per heavy atom. The van der Waals surface area contributed by atoms with Gasteiger partial charge in [0.1, 0.15) is 6.61 Å². The molecule has 16 heavy (non-hydrogen) atoms. The molecule has 0 saturated heterocycles. The quantitative estimate of drug-likeness (QED) is 0.574. The van der Waals surface area contributed by atoms with Gasteiger partial charge in [0.05, 0.1) is 11.7 Å². The molecule has 0 radical (unpaired) electrons. The molecule has 1 atom stereocenters. The van der Waals surface area contributed by atoms with Crippen LogP contribution in [0, 0.1) is 0 Å². The Labute approximate surface area is 93.5 Å². The number of esters is 1. The fourth-order valence-corrected chi connectivity index (χ4v) is 1.31. The van der Waals surface area contributed by atoms with Crippen molar-refractivity contribution in [1.82, 2.24) is 5.43 Å². The summed E-state index contributed by atoms with van der Waals surface area (Å²) in [5, 5.41) is 0.